The van der Waals surface area contributed by atoms with Gasteiger partial charge >= 0.3 is 11.9 Å². The van der Waals surface area contributed by atoms with Gasteiger partial charge in [0.1, 0.15) is 13.2 Å². The number of ether oxygens (including phenoxy) is 2. The zero-order chi connectivity index (χ0) is 12.8. The van der Waals surface area contributed by atoms with E-state index in [1.807, 2.05) is 0 Å². The van der Waals surface area contributed by atoms with Gasteiger partial charge in [0, 0.05) is 0 Å². The normalized spacial score (nSPS) is 28.9. The van der Waals surface area contributed by atoms with E-state index in [-0.39, 0.29) is 25.4 Å². The molecule has 0 amide bonds. The van der Waals surface area contributed by atoms with Gasteiger partial charge in [-0.1, -0.05) is 6.92 Å². The second kappa shape index (κ2) is 6.56. The summed E-state index contributed by atoms with van der Waals surface area (Å²) in [5.41, 5.74) is 0. The molecule has 0 unspecified atom stereocenters. The van der Waals surface area contributed by atoms with Crippen LogP contribution in [0.25, 0.3) is 0 Å². The van der Waals surface area contributed by atoms with E-state index < -0.39 is 11.9 Å². The molecule has 1 aliphatic carbocycles. The van der Waals surface area contributed by atoms with Gasteiger partial charge in [-0.3, -0.25) is 0 Å². The van der Waals surface area contributed by atoms with Crippen LogP contribution in [0.3, 0.4) is 0 Å². The van der Waals surface area contributed by atoms with Crippen LogP contribution in [0, 0.1) is 5.92 Å². The van der Waals surface area contributed by atoms with Crippen molar-refractivity contribution >= 4 is 11.9 Å². The van der Waals surface area contributed by atoms with Crippen LogP contribution in [0.1, 0.15) is 26.2 Å². The Bertz CT molecular complexity index is 277. The first-order chi connectivity index (χ1) is 7.99. The van der Waals surface area contributed by atoms with Gasteiger partial charge in [-0.2, -0.15) is 0 Å². The molecule has 2 N–H and O–H groups in total. The molecule has 0 radical (unpaired) electrons. The number of carboxylic acid groups (broad SMARTS) is 2. The summed E-state index contributed by atoms with van der Waals surface area (Å²) in [5.74, 6) is -1.61. The molecule has 0 spiro atoms. The van der Waals surface area contributed by atoms with E-state index in [0.717, 1.165) is 6.42 Å². The van der Waals surface area contributed by atoms with Gasteiger partial charge in [0.15, 0.2) is 0 Å². The summed E-state index contributed by atoms with van der Waals surface area (Å²) in [6.07, 6.45) is 1.71. The number of hydrogen-bond acceptors (Lipinski definition) is 4. The van der Waals surface area contributed by atoms with Gasteiger partial charge in [-0.15, -0.1) is 0 Å². The van der Waals surface area contributed by atoms with Crippen molar-refractivity contribution in [3.05, 3.63) is 0 Å². The molecule has 0 saturated heterocycles. The van der Waals surface area contributed by atoms with Crippen molar-refractivity contribution in [2.45, 2.75) is 38.4 Å². The van der Waals surface area contributed by atoms with Crippen molar-refractivity contribution < 1.29 is 29.3 Å². The summed E-state index contributed by atoms with van der Waals surface area (Å²) in [6.45, 7) is 1.32. The summed E-state index contributed by atoms with van der Waals surface area (Å²) in [5, 5.41) is 17.1. The van der Waals surface area contributed by atoms with Gasteiger partial charge in [-0.25, -0.2) is 9.59 Å². The largest absolute Gasteiger partial charge is 0.480 e. The van der Waals surface area contributed by atoms with Crippen LogP contribution >= 0.6 is 0 Å². The molecule has 1 fully saturated rings. The second-order valence-electron chi connectivity index (χ2n) is 4.40. The van der Waals surface area contributed by atoms with Crippen LogP contribution in [0.4, 0.5) is 0 Å². The lowest BCUT2D eigenvalue weighted by atomic mass is 9.86. The van der Waals surface area contributed by atoms with E-state index in [4.69, 9.17) is 19.7 Å². The Kier molecular flexibility index (Phi) is 5.37. The standard InChI is InChI=1S/C11H18O6/c1-7-2-3-8(16-5-10(12)13)9(4-7)17-6-11(14)15/h7-9H,2-6H2,1H3,(H,12,13)(H,14,15)/t7-,8+,9+/m0/s1. The van der Waals surface area contributed by atoms with Crippen LogP contribution in [0.5, 0.6) is 0 Å². The van der Waals surface area contributed by atoms with Crippen molar-refractivity contribution in [3.8, 4) is 0 Å². The molecular formula is C11H18O6. The Labute approximate surface area is 99.5 Å². The van der Waals surface area contributed by atoms with E-state index in [2.05, 4.69) is 6.92 Å². The zero-order valence-electron chi connectivity index (χ0n) is 9.80. The lowest BCUT2D eigenvalue weighted by Crippen LogP contribution is -2.39. The molecular weight excluding hydrogens is 228 g/mol. The highest BCUT2D eigenvalue weighted by Gasteiger charge is 2.31. The van der Waals surface area contributed by atoms with Crippen LogP contribution in [-0.4, -0.2) is 47.6 Å². The molecule has 1 rings (SSSR count). The summed E-state index contributed by atoms with van der Waals surface area (Å²) in [4.78, 5) is 20.9. The number of carboxylic acids is 2. The second-order valence-corrected chi connectivity index (χ2v) is 4.40. The van der Waals surface area contributed by atoms with Crippen LogP contribution < -0.4 is 0 Å². The van der Waals surface area contributed by atoms with Crippen molar-refractivity contribution in [1.29, 1.82) is 0 Å². The molecule has 17 heavy (non-hydrogen) atoms. The monoisotopic (exact) mass is 246 g/mol. The average molecular weight is 246 g/mol. The molecule has 0 aromatic carbocycles. The lowest BCUT2D eigenvalue weighted by Gasteiger charge is -2.33. The highest BCUT2D eigenvalue weighted by molar-refractivity contribution is 5.68. The third kappa shape index (κ3) is 5.14. The van der Waals surface area contributed by atoms with E-state index in [0.29, 0.717) is 18.8 Å². The first-order valence-corrected chi connectivity index (χ1v) is 5.66. The molecule has 3 atom stereocenters. The molecule has 6 nitrogen and oxygen atoms in total. The summed E-state index contributed by atoms with van der Waals surface area (Å²) in [6, 6.07) is 0. The zero-order valence-corrected chi connectivity index (χ0v) is 9.80. The van der Waals surface area contributed by atoms with E-state index in [1.165, 1.54) is 0 Å². The quantitative estimate of drug-likeness (QED) is 0.718. The molecule has 0 aromatic rings. The number of aliphatic carboxylic acids is 2. The minimum absolute atomic E-state index is 0.318. The Morgan fingerprint density at radius 2 is 1.59 bits per heavy atom. The predicted molar refractivity (Wildman–Crippen MR) is 57.8 cm³/mol. The maximum atomic E-state index is 10.4. The molecule has 1 saturated carbocycles. The van der Waals surface area contributed by atoms with Crippen molar-refractivity contribution in [1.82, 2.24) is 0 Å². The molecule has 98 valence electrons. The van der Waals surface area contributed by atoms with E-state index in [9.17, 15) is 9.59 Å². The maximum absolute atomic E-state index is 10.4. The highest BCUT2D eigenvalue weighted by atomic mass is 16.6. The average Bonchev–Trinajstić information content (AvgIpc) is 2.24. The smallest absolute Gasteiger partial charge is 0.329 e. The molecule has 1 aliphatic rings. The minimum Gasteiger partial charge on any atom is -0.480 e. The van der Waals surface area contributed by atoms with Crippen molar-refractivity contribution in [2.75, 3.05) is 13.2 Å². The summed E-state index contributed by atoms with van der Waals surface area (Å²) in [7, 11) is 0. The third-order valence-electron chi connectivity index (χ3n) is 2.84. The number of rotatable bonds is 6. The van der Waals surface area contributed by atoms with Gasteiger partial charge in [0.25, 0.3) is 0 Å². The summed E-state index contributed by atoms with van der Waals surface area (Å²) < 4.78 is 10.5. The van der Waals surface area contributed by atoms with E-state index in [1.54, 1.807) is 0 Å². The Morgan fingerprint density at radius 1 is 1.06 bits per heavy atom. The molecule has 0 aliphatic heterocycles. The van der Waals surface area contributed by atoms with Crippen molar-refractivity contribution in [2.24, 2.45) is 5.92 Å². The summed E-state index contributed by atoms with van der Waals surface area (Å²) >= 11 is 0. The van der Waals surface area contributed by atoms with Crippen LogP contribution in [0.15, 0.2) is 0 Å². The Hall–Kier alpha value is -1.14. The fraction of sp³-hybridized carbons (Fsp3) is 0.818. The van der Waals surface area contributed by atoms with Crippen molar-refractivity contribution in [3.63, 3.8) is 0 Å². The topological polar surface area (TPSA) is 93.1 Å². The lowest BCUT2D eigenvalue weighted by molar-refractivity contribution is -0.159. The van der Waals surface area contributed by atoms with Crippen LogP contribution in [0.2, 0.25) is 0 Å². The number of hydrogen-bond donors (Lipinski definition) is 2. The first-order valence-electron chi connectivity index (χ1n) is 5.66. The van der Waals surface area contributed by atoms with Gasteiger partial charge in [0.2, 0.25) is 0 Å². The van der Waals surface area contributed by atoms with Crippen LogP contribution in [-0.2, 0) is 19.1 Å². The Morgan fingerprint density at radius 3 is 2.12 bits per heavy atom. The molecule has 0 aromatic heterocycles. The highest BCUT2D eigenvalue weighted by Crippen LogP contribution is 2.28. The third-order valence-corrected chi connectivity index (χ3v) is 2.84. The predicted octanol–water partition coefficient (Wildman–Crippen LogP) is 0.746. The van der Waals surface area contributed by atoms with E-state index >= 15 is 0 Å². The van der Waals surface area contributed by atoms with Gasteiger partial charge < -0.3 is 19.7 Å². The van der Waals surface area contributed by atoms with Gasteiger partial charge in [0.05, 0.1) is 12.2 Å². The minimum atomic E-state index is -1.03. The fourth-order valence-corrected chi connectivity index (χ4v) is 2.02. The number of carbonyl (C=O) groups is 2. The molecule has 0 heterocycles. The first kappa shape index (κ1) is 13.9. The molecule has 0 bridgehead atoms. The molecule has 6 heteroatoms. The maximum Gasteiger partial charge on any atom is 0.329 e. The van der Waals surface area contributed by atoms with Gasteiger partial charge in [-0.05, 0) is 25.2 Å². The Balaban J connectivity index is 2.45. The fourth-order valence-electron chi connectivity index (χ4n) is 2.02. The SMILES string of the molecule is C[C@H]1CC[C@@H](OCC(=O)O)[C@H](OCC(=O)O)C1.